The lowest BCUT2D eigenvalue weighted by molar-refractivity contribution is -0.199. The van der Waals surface area contributed by atoms with Crippen LogP contribution in [-0.2, 0) is 14.4 Å². The molecule has 0 aliphatic carbocycles. The molecular formula is C18H28F3N3O3. The molecule has 2 aliphatic heterocycles. The van der Waals surface area contributed by atoms with Gasteiger partial charge in [0, 0.05) is 39.0 Å². The van der Waals surface area contributed by atoms with Gasteiger partial charge in [-0.1, -0.05) is 6.92 Å². The van der Waals surface area contributed by atoms with Crippen LogP contribution in [0.15, 0.2) is 0 Å². The van der Waals surface area contributed by atoms with Crippen molar-refractivity contribution in [3.05, 3.63) is 0 Å². The fraction of sp³-hybridized carbons (Fsp3) is 0.833. The summed E-state index contributed by atoms with van der Waals surface area (Å²) in [6.45, 7) is 3.75. The molecular weight excluding hydrogens is 363 g/mol. The molecule has 2 saturated heterocycles. The molecule has 6 nitrogen and oxygen atoms in total. The molecule has 1 N–H and O–H groups in total. The highest BCUT2D eigenvalue weighted by molar-refractivity contribution is 5.82. The van der Waals surface area contributed by atoms with E-state index in [1.54, 1.807) is 4.90 Å². The number of hydrogen-bond acceptors (Lipinski definition) is 3. The maximum absolute atomic E-state index is 13.5. The molecule has 2 fully saturated rings. The molecule has 0 radical (unpaired) electrons. The summed E-state index contributed by atoms with van der Waals surface area (Å²) in [4.78, 5) is 38.8. The lowest BCUT2D eigenvalue weighted by atomic mass is 9.91. The van der Waals surface area contributed by atoms with Crippen molar-refractivity contribution in [1.29, 1.82) is 0 Å². The van der Waals surface area contributed by atoms with Gasteiger partial charge in [0.1, 0.15) is 6.04 Å². The van der Waals surface area contributed by atoms with E-state index in [0.717, 1.165) is 4.90 Å². The number of nitrogens with zero attached hydrogens (tertiary/aromatic N) is 2. The van der Waals surface area contributed by atoms with E-state index in [-0.39, 0.29) is 37.7 Å². The summed E-state index contributed by atoms with van der Waals surface area (Å²) in [7, 11) is 0. The molecule has 27 heavy (non-hydrogen) atoms. The van der Waals surface area contributed by atoms with E-state index in [1.165, 1.54) is 6.92 Å². The Hall–Kier alpha value is -1.80. The Labute approximate surface area is 157 Å². The van der Waals surface area contributed by atoms with Gasteiger partial charge in [0.05, 0.1) is 5.92 Å². The Balaban J connectivity index is 2.12. The van der Waals surface area contributed by atoms with Crippen LogP contribution in [0.3, 0.4) is 0 Å². The minimum Gasteiger partial charge on any atom is -0.352 e. The van der Waals surface area contributed by atoms with Crippen LogP contribution in [0.5, 0.6) is 0 Å². The third-order valence-electron chi connectivity index (χ3n) is 5.24. The topological polar surface area (TPSA) is 69.7 Å². The molecule has 0 unspecified atom stereocenters. The number of halogens is 3. The van der Waals surface area contributed by atoms with Gasteiger partial charge < -0.3 is 15.1 Å². The summed E-state index contributed by atoms with van der Waals surface area (Å²) >= 11 is 0. The first kappa shape index (κ1) is 21.5. The van der Waals surface area contributed by atoms with E-state index in [4.69, 9.17) is 0 Å². The van der Waals surface area contributed by atoms with Crippen molar-refractivity contribution in [1.82, 2.24) is 15.1 Å². The largest absolute Gasteiger partial charge is 0.408 e. The molecule has 2 aliphatic rings. The van der Waals surface area contributed by atoms with E-state index >= 15 is 0 Å². The molecule has 3 amide bonds. The summed E-state index contributed by atoms with van der Waals surface area (Å²) in [5.41, 5.74) is 0. The van der Waals surface area contributed by atoms with Crippen LogP contribution >= 0.6 is 0 Å². The second-order valence-electron chi connectivity index (χ2n) is 7.45. The van der Waals surface area contributed by atoms with Crippen molar-refractivity contribution in [3.63, 3.8) is 0 Å². The van der Waals surface area contributed by atoms with Gasteiger partial charge in [0.15, 0.2) is 0 Å². The van der Waals surface area contributed by atoms with E-state index < -0.39 is 30.1 Å². The van der Waals surface area contributed by atoms with Crippen LogP contribution in [0.25, 0.3) is 0 Å². The Morgan fingerprint density at radius 3 is 2.41 bits per heavy atom. The van der Waals surface area contributed by atoms with Crippen molar-refractivity contribution in [2.45, 2.75) is 70.6 Å². The van der Waals surface area contributed by atoms with Crippen molar-refractivity contribution < 1.29 is 27.6 Å². The number of hydrogen-bond donors (Lipinski definition) is 1. The summed E-state index contributed by atoms with van der Waals surface area (Å²) < 4.78 is 40.4. The SMILES string of the molecule is CCCC(=O)N1CCC[C@H](C(=O)N2C[C@@H](NC(C)=O)CC[C@@H]2C(F)(F)F)C1. The van der Waals surface area contributed by atoms with Crippen LogP contribution < -0.4 is 5.32 Å². The monoisotopic (exact) mass is 391 g/mol. The van der Waals surface area contributed by atoms with Crippen LogP contribution in [0.4, 0.5) is 13.2 Å². The molecule has 9 heteroatoms. The normalized spacial score (nSPS) is 26.6. The first-order valence-corrected chi connectivity index (χ1v) is 9.55. The zero-order chi connectivity index (χ0) is 20.2. The van der Waals surface area contributed by atoms with Gasteiger partial charge in [-0.05, 0) is 32.1 Å². The van der Waals surface area contributed by atoms with Gasteiger partial charge in [0.25, 0.3) is 0 Å². The smallest absolute Gasteiger partial charge is 0.352 e. The van der Waals surface area contributed by atoms with Gasteiger partial charge in [-0.15, -0.1) is 0 Å². The van der Waals surface area contributed by atoms with Crippen LogP contribution in [0.2, 0.25) is 0 Å². The number of carbonyl (C=O) groups is 3. The molecule has 0 spiro atoms. The fourth-order valence-corrected chi connectivity index (χ4v) is 3.97. The fourth-order valence-electron chi connectivity index (χ4n) is 3.97. The third kappa shape index (κ3) is 5.59. The molecule has 0 aromatic heterocycles. The lowest BCUT2D eigenvalue weighted by Crippen LogP contribution is -2.60. The van der Waals surface area contributed by atoms with Crippen LogP contribution in [0, 0.1) is 5.92 Å². The first-order chi connectivity index (χ1) is 12.6. The molecule has 2 rings (SSSR count). The van der Waals surface area contributed by atoms with Crippen LogP contribution in [-0.4, -0.2) is 65.4 Å². The zero-order valence-corrected chi connectivity index (χ0v) is 15.8. The van der Waals surface area contributed by atoms with Gasteiger partial charge in [-0.2, -0.15) is 13.2 Å². The van der Waals surface area contributed by atoms with Crippen molar-refractivity contribution in [2.75, 3.05) is 19.6 Å². The lowest BCUT2D eigenvalue weighted by Gasteiger charge is -2.43. The minimum absolute atomic E-state index is 0.0582. The number of piperidine rings is 2. The molecule has 0 aromatic rings. The highest BCUT2D eigenvalue weighted by atomic mass is 19.4. The highest BCUT2D eigenvalue weighted by Gasteiger charge is 2.49. The standard InChI is InChI=1S/C18H28F3N3O3/c1-3-5-16(26)23-9-4-6-13(10-23)17(27)24-11-14(22-12(2)25)7-8-15(24)18(19,20)21/h13-15H,3-11H2,1-2H3,(H,22,25)/t13-,14-,15+/m0/s1. The Morgan fingerprint density at radius 1 is 1.11 bits per heavy atom. The second-order valence-corrected chi connectivity index (χ2v) is 7.45. The summed E-state index contributed by atoms with van der Waals surface area (Å²) in [6.07, 6.45) is -2.42. The summed E-state index contributed by atoms with van der Waals surface area (Å²) in [6, 6.07) is -2.32. The van der Waals surface area contributed by atoms with E-state index in [0.29, 0.717) is 32.2 Å². The number of alkyl halides is 3. The van der Waals surface area contributed by atoms with Crippen LogP contribution in [0.1, 0.15) is 52.4 Å². The zero-order valence-electron chi connectivity index (χ0n) is 15.8. The highest BCUT2D eigenvalue weighted by Crippen LogP contribution is 2.34. The van der Waals surface area contributed by atoms with Gasteiger partial charge >= 0.3 is 6.18 Å². The second kappa shape index (κ2) is 8.93. The molecule has 2 heterocycles. The Kier molecular flexibility index (Phi) is 7.11. The first-order valence-electron chi connectivity index (χ1n) is 9.55. The van der Waals surface area contributed by atoms with E-state index in [2.05, 4.69) is 5.32 Å². The number of carbonyl (C=O) groups excluding carboxylic acids is 3. The Bertz CT molecular complexity index is 568. The van der Waals surface area contributed by atoms with Gasteiger partial charge in [-0.3, -0.25) is 14.4 Å². The molecule has 154 valence electrons. The minimum atomic E-state index is -4.51. The number of amides is 3. The third-order valence-corrected chi connectivity index (χ3v) is 5.24. The van der Waals surface area contributed by atoms with Gasteiger partial charge in [-0.25, -0.2) is 0 Å². The predicted molar refractivity (Wildman–Crippen MR) is 92.6 cm³/mol. The maximum Gasteiger partial charge on any atom is 0.408 e. The van der Waals surface area contributed by atoms with E-state index in [1.807, 2.05) is 6.92 Å². The number of rotatable bonds is 4. The van der Waals surface area contributed by atoms with E-state index in [9.17, 15) is 27.6 Å². The summed E-state index contributed by atoms with van der Waals surface area (Å²) in [5.74, 6) is -1.58. The molecule has 3 atom stereocenters. The number of likely N-dealkylation sites (tertiary alicyclic amines) is 2. The maximum atomic E-state index is 13.5. The molecule has 0 bridgehead atoms. The number of nitrogens with one attached hydrogen (secondary N) is 1. The average Bonchev–Trinajstić information content (AvgIpc) is 2.60. The van der Waals surface area contributed by atoms with Gasteiger partial charge in [0.2, 0.25) is 17.7 Å². The molecule has 0 saturated carbocycles. The van der Waals surface area contributed by atoms with Crippen molar-refractivity contribution in [2.24, 2.45) is 5.92 Å². The van der Waals surface area contributed by atoms with Crippen molar-refractivity contribution in [3.8, 4) is 0 Å². The predicted octanol–water partition coefficient (Wildman–Crippen LogP) is 2.08. The van der Waals surface area contributed by atoms with Crippen molar-refractivity contribution >= 4 is 17.7 Å². The quantitative estimate of drug-likeness (QED) is 0.798. The summed E-state index contributed by atoms with van der Waals surface area (Å²) in [5, 5.41) is 2.62. The molecule has 0 aromatic carbocycles. The Morgan fingerprint density at radius 2 is 1.81 bits per heavy atom. The average molecular weight is 391 g/mol.